The number of rotatable bonds is 8. The summed E-state index contributed by atoms with van der Waals surface area (Å²) in [7, 11) is 1.43. The Labute approximate surface area is 143 Å². The van der Waals surface area contributed by atoms with Crippen molar-refractivity contribution >= 4 is 5.84 Å². The second-order valence-electron chi connectivity index (χ2n) is 6.45. The molecule has 24 heavy (non-hydrogen) atoms. The zero-order valence-corrected chi connectivity index (χ0v) is 14.6. The Balaban J connectivity index is 1.65. The van der Waals surface area contributed by atoms with Crippen molar-refractivity contribution in [3.8, 4) is 5.75 Å². The summed E-state index contributed by atoms with van der Waals surface area (Å²) in [5, 5.41) is 3.91. The van der Waals surface area contributed by atoms with Gasteiger partial charge < -0.3 is 20.2 Å². The lowest BCUT2D eigenvalue weighted by atomic mass is 9.99. The summed E-state index contributed by atoms with van der Waals surface area (Å²) in [4.78, 5) is 7.69. The van der Waals surface area contributed by atoms with Gasteiger partial charge in [0.05, 0.1) is 7.11 Å². The van der Waals surface area contributed by atoms with Crippen LogP contribution >= 0.6 is 0 Å². The summed E-state index contributed by atoms with van der Waals surface area (Å²) < 4.78 is 18.4. The summed E-state index contributed by atoms with van der Waals surface area (Å²) in [6.07, 6.45) is 4.25. The van der Waals surface area contributed by atoms with Crippen molar-refractivity contribution in [2.75, 3.05) is 26.7 Å². The van der Waals surface area contributed by atoms with Gasteiger partial charge in [0.25, 0.3) is 0 Å². The summed E-state index contributed by atoms with van der Waals surface area (Å²) in [6, 6.07) is 4.69. The zero-order chi connectivity index (χ0) is 17.4. The van der Waals surface area contributed by atoms with Crippen LogP contribution in [0.25, 0.3) is 0 Å². The lowest BCUT2D eigenvalue weighted by Crippen LogP contribution is -2.34. The molecule has 5 nitrogen and oxygen atoms in total. The highest BCUT2D eigenvalue weighted by Gasteiger charge is 2.14. The first-order chi connectivity index (χ1) is 11.6. The molecular formula is C18H28FN3O2. The van der Waals surface area contributed by atoms with Crippen LogP contribution in [0.15, 0.2) is 23.4 Å². The van der Waals surface area contributed by atoms with Crippen molar-refractivity contribution in [2.45, 2.75) is 39.2 Å². The standard InChI is InChI=1S/C18H28FN3O2/c1-14-7-10-22(11-8-14)9-3-4-18(20)21-24-13-15-5-6-17(23-2)16(19)12-15/h5-6,12,14H,3-4,7-11,13H2,1-2H3,(H2,20,21). The first kappa shape index (κ1) is 18.5. The van der Waals surface area contributed by atoms with Gasteiger partial charge in [-0.1, -0.05) is 18.1 Å². The molecule has 6 heteroatoms. The van der Waals surface area contributed by atoms with Gasteiger partial charge in [0.15, 0.2) is 11.6 Å². The number of hydrogen-bond donors (Lipinski definition) is 1. The summed E-state index contributed by atoms with van der Waals surface area (Å²) in [5.41, 5.74) is 6.55. The molecule has 2 rings (SSSR count). The molecule has 1 aromatic rings. The van der Waals surface area contributed by atoms with E-state index in [0.29, 0.717) is 17.8 Å². The number of nitrogens with two attached hydrogens (primary N) is 1. The molecule has 1 aliphatic heterocycles. The fourth-order valence-corrected chi connectivity index (χ4v) is 2.80. The van der Waals surface area contributed by atoms with Crippen LogP contribution in [0.2, 0.25) is 0 Å². The van der Waals surface area contributed by atoms with E-state index in [1.54, 1.807) is 12.1 Å². The van der Waals surface area contributed by atoms with Crippen LogP contribution in [0.1, 0.15) is 38.2 Å². The van der Waals surface area contributed by atoms with Crippen molar-refractivity contribution in [1.29, 1.82) is 0 Å². The first-order valence-electron chi connectivity index (χ1n) is 8.57. The van der Waals surface area contributed by atoms with E-state index in [9.17, 15) is 4.39 Å². The van der Waals surface area contributed by atoms with Crippen molar-refractivity contribution in [2.24, 2.45) is 16.8 Å². The molecule has 0 aromatic heterocycles. The van der Waals surface area contributed by atoms with E-state index in [1.165, 1.54) is 39.1 Å². The lowest BCUT2D eigenvalue weighted by Gasteiger charge is -2.29. The predicted molar refractivity (Wildman–Crippen MR) is 93.4 cm³/mol. The first-order valence-corrected chi connectivity index (χ1v) is 8.57. The van der Waals surface area contributed by atoms with Gasteiger partial charge in [-0.05, 0) is 62.5 Å². The van der Waals surface area contributed by atoms with Crippen molar-refractivity contribution in [3.63, 3.8) is 0 Å². The van der Waals surface area contributed by atoms with E-state index in [2.05, 4.69) is 17.0 Å². The fraction of sp³-hybridized carbons (Fsp3) is 0.611. The Kier molecular flexibility index (Phi) is 7.31. The minimum atomic E-state index is -0.411. The molecule has 2 N–H and O–H groups in total. The van der Waals surface area contributed by atoms with E-state index < -0.39 is 5.82 Å². The van der Waals surface area contributed by atoms with Crippen molar-refractivity contribution in [3.05, 3.63) is 29.6 Å². The second kappa shape index (κ2) is 9.47. The number of oxime groups is 1. The van der Waals surface area contributed by atoms with Gasteiger partial charge in [-0.25, -0.2) is 4.39 Å². The molecule has 0 radical (unpaired) electrons. The zero-order valence-electron chi connectivity index (χ0n) is 14.6. The van der Waals surface area contributed by atoms with Crippen LogP contribution in [0.4, 0.5) is 4.39 Å². The van der Waals surface area contributed by atoms with E-state index in [-0.39, 0.29) is 12.4 Å². The highest BCUT2D eigenvalue weighted by Crippen LogP contribution is 2.18. The molecular weight excluding hydrogens is 309 g/mol. The number of likely N-dealkylation sites (tertiary alicyclic amines) is 1. The monoisotopic (exact) mass is 337 g/mol. The molecule has 134 valence electrons. The largest absolute Gasteiger partial charge is 0.494 e. The summed E-state index contributed by atoms with van der Waals surface area (Å²) >= 11 is 0. The average Bonchev–Trinajstić information content (AvgIpc) is 2.57. The van der Waals surface area contributed by atoms with Gasteiger partial charge in [0, 0.05) is 6.42 Å². The number of methoxy groups -OCH3 is 1. The third-order valence-electron chi connectivity index (χ3n) is 4.41. The Bertz CT molecular complexity index is 543. The lowest BCUT2D eigenvalue weighted by molar-refractivity contribution is 0.129. The Morgan fingerprint density at radius 2 is 2.12 bits per heavy atom. The van der Waals surface area contributed by atoms with Crippen molar-refractivity contribution in [1.82, 2.24) is 4.90 Å². The average molecular weight is 337 g/mol. The van der Waals surface area contributed by atoms with Crippen LogP contribution < -0.4 is 10.5 Å². The van der Waals surface area contributed by atoms with E-state index in [0.717, 1.165) is 18.9 Å². The molecule has 0 aliphatic carbocycles. The number of amidine groups is 1. The van der Waals surface area contributed by atoms with E-state index in [1.807, 2.05) is 0 Å². The van der Waals surface area contributed by atoms with Gasteiger partial charge >= 0.3 is 0 Å². The topological polar surface area (TPSA) is 60.1 Å². The highest BCUT2D eigenvalue weighted by atomic mass is 19.1. The van der Waals surface area contributed by atoms with Crippen LogP contribution in [0.3, 0.4) is 0 Å². The van der Waals surface area contributed by atoms with E-state index >= 15 is 0 Å². The molecule has 0 atom stereocenters. The third-order valence-corrected chi connectivity index (χ3v) is 4.41. The molecule has 1 saturated heterocycles. The number of benzene rings is 1. The number of ether oxygens (including phenoxy) is 1. The van der Waals surface area contributed by atoms with Gasteiger partial charge in [0.2, 0.25) is 0 Å². The number of nitrogens with zero attached hydrogens (tertiary/aromatic N) is 2. The molecule has 1 heterocycles. The fourth-order valence-electron chi connectivity index (χ4n) is 2.80. The van der Waals surface area contributed by atoms with Crippen LogP contribution in [-0.2, 0) is 11.4 Å². The normalized spacial score (nSPS) is 17.0. The number of halogens is 1. The third kappa shape index (κ3) is 6.00. The van der Waals surface area contributed by atoms with Gasteiger partial charge in [-0.2, -0.15) is 0 Å². The quantitative estimate of drug-likeness (QED) is 0.450. The van der Waals surface area contributed by atoms with Crippen molar-refractivity contribution < 1.29 is 14.0 Å². The molecule has 1 aromatic carbocycles. The van der Waals surface area contributed by atoms with Gasteiger partial charge in [-0.3, -0.25) is 0 Å². The highest BCUT2D eigenvalue weighted by molar-refractivity contribution is 5.79. The van der Waals surface area contributed by atoms with Gasteiger partial charge in [0.1, 0.15) is 12.4 Å². The summed E-state index contributed by atoms with van der Waals surface area (Å²) in [6.45, 7) is 5.90. The van der Waals surface area contributed by atoms with Gasteiger partial charge in [-0.15, -0.1) is 0 Å². The second-order valence-corrected chi connectivity index (χ2v) is 6.45. The number of piperidine rings is 1. The van der Waals surface area contributed by atoms with Crippen LogP contribution in [0.5, 0.6) is 5.75 Å². The molecule has 0 bridgehead atoms. The molecule has 1 aliphatic rings. The minimum absolute atomic E-state index is 0.186. The predicted octanol–water partition coefficient (Wildman–Crippen LogP) is 3.14. The minimum Gasteiger partial charge on any atom is -0.494 e. The van der Waals surface area contributed by atoms with Crippen LogP contribution in [0, 0.1) is 11.7 Å². The maximum atomic E-state index is 13.6. The molecule has 0 unspecified atom stereocenters. The Morgan fingerprint density at radius 3 is 2.79 bits per heavy atom. The Hall–Kier alpha value is -1.82. The smallest absolute Gasteiger partial charge is 0.165 e. The Morgan fingerprint density at radius 1 is 1.38 bits per heavy atom. The molecule has 1 fully saturated rings. The molecule has 0 spiro atoms. The maximum absolute atomic E-state index is 13.6. The maximum Gasteiger partial charge on any atom is 0.165 e. The molecule has 0 saturated carbocycles. The van der Waals surface area contributed by atoms with E-state index in [4.69, 9.17) is 15.3 Å². The van der Waals surface area contributed by atoms with Crippen LogP contribution in [-0.4, -0.2) is 37.5 Å². The molecule has 0 amide bonds. The summed E-state index contributed by atoms with van der Waals surface area (Å²) in [5.74, 6) is 1.14. The SMILES string of the molecule is COc1ccc(CO/N=C(/N)CCCN2CCC(C)CC2)cc1F. The number of hydrogen-bond acceptors (Lipinski definition) is 4.